The van der Waals surface area contributed by atoms with Crippen LogP contribution in [-0.4, -0.2) is 47.7 Å². The number of piperidine rings is 1. The van der Waals surface area contributed by atoms with Crippen LogP contribution in [0.2, 0.25) is 0 Å². The number of nitrogens with zero attached hydrogens (tertiary/aromatic N) is 1. The van der Waals surface area contributed by atoms with Crippen LogP contribution >= 0.6 is 0 Å². The van der Waals surface area contributed by atoms with Crippen LogP contribution in [-0.2, 0) is 4.79 Å². The first-order valence-corrected chi connectivity index (χ1v) is 6.85. The third-order valence-electron chi connectivity index (χ3n) is 3.51. The van der Waals surface area contributed by atoms with Crippen LogP contribution in [0.25, 0.3) is 0 Å². The molecule has 0 radical (unpaired) electrons. The van der Waals surface area contributed by atoms with Gasteiger partial charge in [0.05, 0.1) is 12.1 Å². The third-order valence-corrected chi connectivity index (χ3v) is 3.51. The summed E-state index contributed by atoms with van der Waals surface area (Å²) in [6, 6.07) is -0.0656. The number of nitrogens with one attached hydrogen (secondary N) is 1. The van der Waals surface area contributed by atoms with Crippen molar-refractivity contribution in [3.05, 3.63) is 0 Å². The van der Waals surface area contributed by atoms with Gasteiger partial charge in [-0.3, -0.25) is 9.69 Å². The lowest BCUT2D eigenvalue weighted by Crippen LogP contribution is -2.49. The van der Waals surface area contributed by atoms with Crippen LogP contribution in [0, 0.1) is 0 Å². The summed E-state index contributed by atoms with van der Waals surface area (Å²) in [7, 11) is 0. The Morgan fingerprint density at radius 1 is 1.41 bits per heavy atom. The smallest absolute Gasteiger partial charge is 0.237 e. The van der Waals surface area contributed by atoms with Crippen molar-refractivity contribution in [3.63, 3.8) is 0 Å². The zero-order chi connectivity index (χ0) is 12.7. The summed E-state index contributed by atoms with van der Waals surface area (Å²) in [5.74, 6) is 0.123. The number of rotatable bonds is 6. The van der Waals surface area contributed by atoms with Gasteiger partial charge in [-0.15, -0.1) is 0 Å². The first-order chi connectivity index (χ1) is 8.15. The maximum atomic E-state index is 11.9. The Morgan fingerprint density at radius 2 is 2.06 bits per heavy atom. The average Bonchev–Trinajstić information content (AvgIpc) is 2.34. The molecule has 1 heterocycles. The summed E-state index contributed by atoms with van der Waals surface area (Å²) in [5.41, 5.74) is 0. The summed E-state index contributed by atoms with van der Waals surface area (Å²) in [6.45, 7) is 6.54. The molecule has 4 heteroatoms. The average molecular weight is 242 g/mol. The Hall–Kier alpha value is -0.610. The third kappa shape index (κ3) is 5.04. The number of aliphatic hydroxyl groups excluding tert-OH is 1. The molecule has 4 nitrogen and oxygen atoms in total. The highest BCUT2D eigenvalue weighted by atomic mass is 16.3. The molecule has 1 aliphatic rings. The second-order valence-electron chi connectivity index (χ2n) is 4.94. The van der Waals surface area contributed by atoms with Gasteiger partial charge in [0.1, 0.15) is 0 Å². The van der Waals surface area contributed by atoms with Gasteiger partial charge in [0.25, 0.3) is 0 Å². The zero-order valence-corrected chi connectivity index (χ0v) is 11.1. The minimum atomic E-state index is -0.175. The molecule has 1 rings (SSSR count). The van der Waals surface area contributed by atoms with Gasteiger partial charge in [-0.1, -0.05) is 19.8 Å². The van der Waals surface area contributed by atoms with Gasteiger partial charge in [0.15, 0.2) is 0 Å². The SMILES string of the molecule is CCCCCNC(=O)C(C)N1CCC(O)CC1. The molecule has 0 aromatic rings. The first kappa shape index (κ1) is 14.5. The van der Waals surface area contributed by atoms with E-state index < -0.39 is 0 Å². The number of carbonyl (C=O) groups is 1. The van der Waals surface area contributed by atoms with E-state index in [1.807, 2.05) is 6.92 Å². The molecule has 1 atom stereocenters. The summed E-state index contributed by atoms with van der Waals surface area (Å²) < 4.78 is 0. The number of aliphatic hydroxyl groups is 1. The molecule has 100 valence electrons. The molecule has 1 amide bonds. The number of amides is 1. The van der Waals surface area contributed by atoms with Crippen molar-refractivity contribution in [2.45, 2.75) is 58.1 Å². The molecule has 0 aromatic carbocycles. The van der Waals surface area contributed by atoms with Gasteiger partial charge in [-0.25, -0.2) is 0 Å². The number of hydrogen-bond acceptors (Lipinski definition) is 3. The van der Waals surface area contributed by atoms with Crippen molar-refractivity contribution in [2.75, 3.05) is 19.6 Å². The van der Waals surface area contributed by atoms with Gasteiger partial charge < -0.3 is 10.4 Å². The Balaban J connectivity index is 2.21. The highest BCUT2D eigenvalue weighted by Gasteiger charge is 2.25. The molecule has 1 fully saturated rings. The van der Waals surface area contributed by atoms with Crippen LogP contribution in [0.1, 0.15) is 46.0 Å². The highest BCUT2D eigenvalue weighted by Crippen LogP contribution is 2.12. The quantitative estimate of drug-likeness (QED) is 0.687. The van der Waals surface area contributed by atoms with Gasteiger partial charge >= 0.3 is 0 Å². The van der Waals surface area contributed by atoms with E-state index in [1.54, 1.807) is 0 Å². The molecule has 1 unspecified atom stereocenters. The Kier molecular flexibility index (Phi) is 6.52. The Labute approximate surface area is 104 Å². The van der Waals surface area contributed by atoms with Crippen molar-refractivity contribution in [1.82, 2.24) is 10.2 Å². The maximum absolute atomic E-state index is 11.9. The van der Waals surface area contributed by atoms with E-state index in [2.05, 4.69) is 17.1 Å². The van der Waals surface area contributed by atoms with Crippen molar-refractivity contribution in [1.29, 1.82) is 0 Å². The Morgan fingerprint density at radius 3 is 2.65 bits per heavy atom. The van der Waals surface area contributed by atoms with Crippen LogP contribution in [0.3, 0.4) is 0 Å². The Bertz CT molecular complexity index is 225. The van der Waals surface area contributed by atoms with E-state index in [-0.39, 0.29) is 18.1 Å². The molecule has 0 saturated carbocycles. The predicted octanol–water partition coefficient (Wildman–Crippen LogP) is 1.14. The van der Waals surface area contributed by atoms with E-state index in [0.717, 1.165) is 38.9 Å². The summed E-state index contributed by atoms with van der Waals surface area (Å²) in [6.07, 6.45) is 4.81. The number of unbranched alkanes of at least 4 members (excludes halogenated alkanes) is 2. The number of hydrogen-bond donors (Lipinski definition) is 2. The molecule has 0 bridgehead atoms. The van der Waals surface area contributed by atoms with Crippen molar-refractivity contribution >= 4 is 5.91 Å². The van der Waals surface area contributed by atoms with E-state index in [9.17, 15) is 9.90 Å². The van der Waals surface area contributed by atoms with Crippen LogP contribution in [0.5, 0.6) is 0 Å². The fourth-order valence-corrected chi connectivity index (χ4v) is 2.17. The van der Waals surface area contributed by atoms with Gasteiger partial charge in [0.2, 0.25) is 5.91 Å². The van der Waals surface area contributed by atoms with Gasteiger partial charge in [-0.2, -0.15) is 0 Å². The van der Waals surface area contributed by atoms with Gasteiger partial charge in [-0.05, 0) is 26.2 Å². The lowest BCUT2D eigenvalue weighted by Gasteiger charge is -2.33. The van der Waals surface area contributed by atoms with E-state index in [0.29, 0.717) is 0 Å². The number of likely N-dealkylation sites (tertiary alicyclic amines) is 1. The summed E-state index contributed by atoms with van der Waals surface area (Å²) in [4.78, 5) is 14.0. The first-order valence-electron chi connectivity index (χ1n) is 6.85. The molecule has 1 saturated heterocycles. The van der Waals surface area contributed by atoms with Gasteiger partial charge in [0, 0.05) is 19.6 Å². The van der Waals surface area contributed by atoms with Crippen molar-refractivity contribution < 1.29 is 9.90 Å². The second kappa shape index (κ2) is 7.67. The minimum Gasteiger partial charge on any atom is -0.393 e. The van der Waals surface area contributed by atoms with E-state index >= 15 is 0 Å². The van der Waals surface area contributed by atoms with Crippen LogP contribution < -0.4 is 5.32 Å². The molecular weight excluding hydrogens is 216 g/mol. The van der Waals surface area contributed by atoms with Crippen molar-refractivity contribution in [2.24, 2.45) is 0 Å². The lowest BCUT2D eigenvalue weighted by atomic mass is 10.1. The summed E-state index contributed by atoms with van der Waals surface area (Å²) in [5, 5.41) is 12.4. The van der Waals surface area contributed by atoms with Crippen molar-refractivity contribution in [3.8, 4) is 0 Å². The fraction of sp³-hybridized carbons (Fsp3) is 0.923. The molecule has 0 spiro atoms. The van der Waals surface area contributed by atoms with Crippen LogP contribution in [0.4, 0.5) is 0 Å². The zero-order valence-electron chi connectivity index (χ0n) is 11.1. The normalized spacial score (nSPS) is 20.2. The fourth-order valence-electron chi connectivity index (χ4n) is 2.17. The number of carbonyl (C=O) groups excluding carboxylic acids is 1. The molecule has 2 N–H and O–H groups in total. The molecule has 17 heavy (non-hydrogen) atoms. The molecule has 0 aromatic heterocycles. The monoisotopic (exact) mass is 242 g/mol. The predicted molar refractivity (Wildman–Crippen MR) is 68.8 cm³/mol. The standard InChI is InChI=1S/C13H26N2O2/c1-3-4-5-8-14-13(17)11(2)15-9-6-12(16)7-10-15/h11-12,16H,3-10H2,1-2H3,(H,14,17). The molecule has 1 aliphatic heterocycles. The summed E-state index contributed by atoms with van der Waals surface area (Å²) >= 11 is 0. The molecule has 0 aliphatic carbocycles. The maximum Gasteiger partial charge on any atom is 0.237 e. The minimum absolute atomic E-state index is 0.0656. The molecular formula is C13H26N2O2. The topological polar surface area (TPSA) is 52.6 Å². The van der Waals surface area contributed by atoms with Crippen LogP contribution in [0.15, 0.2) is 0 Å². The van der Waals surface area contributed by atoms with E-state index in [4.69, 9.17) is 0 Å². The van der Waals surface area contributed by atoms with E-state index in [1.165, 1.54) is 12.8 Å². The second-order valence-corrected chi connectivity index (χ2v) is 4.94. The lowest BCUT2D eigenvalue weighted by molar-refractivity contribution is -0.126. The highest BCUT2D eigenvalue weighted by molar-refractivity contribution is 5.81. The largest absolute Gasteiger partial charge is 0.393 e.